The number of hydrogen-bond acceptors (Lipinski definition) is 3. The fourth-order valence-corrected chi connectivity index (χ4v) is 5.17. The lowest BCUT2D eigenvalue weighted by atomic mass is 9.95. The molecule has 4 heteroatoms. The summed E-state index contributed by atoms with van der Waals surface area (Å²) < 4.78 is 5.62. The summed E-state index contributed by atoms with van der Waals surface area (Å²) in [6.45, 7) is 16.7. The van der Waals surface area contributed by atoms with E-state index in [-0.39, 0.29) is 6.09 Å². The quantitative estimate of drug-likeness (QED) is 0.357. The van der Waals surface area contributed by atoms with Crippen LogP contribution in [0.5, 0.6) is 0 Å². The average Bonchev–Trinajstić information content (AvgIpc) is 2.85. The fourth-order valence-electron chi connectivity index (χ4n) is 5.17. The molecule has 1 saturated heterocycles. The summed E-state index contributed by atoms with van der Waals surface area (Å²) in [6.07, 6.45) is 1.64. The van der Waals surface area contributed by atoms with Crippen LogP contribution in [0.15, 0.2) is 60.7 Å². The molecular formula is C33H42N2O2. The van der Waals surface area contributed by atoms with E-state index in [0.717, 1.165) is 19.4 Å². The van der Waals surface area contributed by atoms with Crippen molar-refractivity contribution in [2.75, 3.05) is 18.0 Å². The first-order chi connectivity index (χ1) is 17.5. The highest BCUT2D eigenvalue weighted by molar-refractivity contribution is 5.68. The van der Waals surface area contributed by atoms with Crippen LogP contribution in [0.2, 0.25) is 0 Å². The third-order valence-electron chi connectivity index (χ3n) is 7.43. The Morgan fingerprint density at radius 2 is 1.54 bits per heavy atom. The van der Waals surface area contributed by atoms with Gasteiger partial charge in [-0.3, -0.25) is 0 Å². The van der Waals surface area contributed by atoms with Gasteiger partial charge in [0.1, 0.15) is 5.60 Å². The molecule has 0 radical (unpaired) electrons. The van der Waals surface area contributed by atoms with Gasteiger partial charge in [0.25, 0.3) is 0 Å². The number of piperidine rings is 1. The van der Waals surface area contributed by atoms with Gasteiger partial charge in [-0.25, -0.2) is 4.79 Å². The average molecular weight is 499 g/mol. The molecule has 0 atom stereocenters. The van der Waals surface area contributed by atoms with Crippen LogP contribution in [0.25, 0.3) is 11.1 Å². The minimum Gasteiger partial charge on any atom is -0.444 e. The largest absolute Gasteiger partial charge is 0.444 e. The molecule has 3 aromatic rings. The van der Waals surface area contributed by atoms with Gasteiger partial charge >= 0.3 is 6.09 Å². The van der Waals surface area contributed by atoms with Crippen molar-refractivity contribution < 1.29 is 9.53 Å². The summed E-state index contributed by atoms with van der Waals surface area (Å²) in [5, 5.41) is 0. The second-order valence-electron chi connectivity index (χ2n) is 11.6. The van der Waals surface area contributed by atoms with E-state index in [2.05, 4.69) is 93.3 Å². The van der Waals surface area contributed by atoms with Gasteiger partial charge in [0, 0.05) is 31.4 Å². The second kappa shape index (κ2) is 11.0. The van der Waals surface area contributed by atoms with Gasteiger partial charge in [0.05, 0.1) is 0 Å². The third kappa shape index (κ3) is 6.74. The van der Waals surface area contributed by atoms with Gasteiger partial charge < -0.3 is 14.5 Å². The molecule has 1 aliphatic heterocycles. The number of benzene rings is 3. The lowest BCUT2D eigenvalue weighted by molar-refractivity contribution is 0.0204. The number of rotatable bonds is 5. The first-order valence-electron chi connectivity index (χ1n) is 13.5. The van der Waals surface area contributed by atoms with Gasteiger partial charge in [0.2, 0.25) is 0 Å². The number of hydrogen-bond donors (Lipinski definition) is 0. The number of carbonyl (C=O) groups is 1. The van der Waals surface area contributed by atoms with Crippen LogP contribution in [0.3, 0.4) is 0 Å². The minimum absolute atomic E-state index is 0.204. The molecule has 4 rings (SSSR count). The van der Waals surface area contributed by atoms with Crippen molar-refractivity contribution in [1.82, 2.24) is 4.90 Å². The van der Waals surface area contributed by atoms with Crippen LogP contribution in [0.1, 0.15) is 61.4 Å². The molecule has 3 aromatic carbocycles. The molecule has 0 saturated carbocycles. The normalized spacial score (nSPS) is 14.5. The topological polar surface area (TPSA) is 32.8 Å². The molecule has 1 fully saturated rings. The number of carbonyl (C=O) groups excluding carboxylic acids is 1. The van der Waals surface area contributed by atoms with Crippen LogP contribution in [-0.2, 0) is 11.3 Å². The molecule has 196 valence electrons. The minimum atomic E-state index is -0.471. The van der Waals surface area contributed by atoms with Crippen LogP contribution in [0, 0.1) is 27.7 Å². The summed E-state index contributed by atoms with van der Waals surface area (Å²) in [5.74, 6) is 0. The number of aryl methyl sites for hydroxylation is 3. The number of likely N-dealkylation sites (tertiary alicyclic amines) is 1. The highest BCUT2D eigenvalue weighted by atomic mass is 16.6. The van der Waals surface area contributed by atoms with E-state index in [1.807, 2.05) is 25.7 Å². The molecule has 0 bridgehead atoms. The molecule has 37 heavy (non-hydrogen) atoms. The van der Waals surface area contributed by atoms with E-state index in [4.69, 9.17) is 4.74 Å². The molecule has 1 aliphatic rings. The van der Waals surface area contributed by atoms with E-state index in [9.17, 15) is 4.79 Å². The Hall–Kier alpha value is -3.27. The van der Waals surface area contributed by atoms with Gasteiger partial charge in [-0.15, -0.1) is 0 Å². The standard InChI is InChI=1S/C33H42N2O2/c1-23-10-8-13-31(18-23)35(30-14-16-34(17-15-30)32(36)37-33(5,6)7)22-27-11-9-12-28(21-27)29-19-24(2)26(4)25(3)20-29/h8-13,18-21,30H,14-17,22H2,1-7H3. The Kier molecular flexibility index (Phi) is 7.96. The molecule has 0 N–H and O–H groups in total. The molecule has 1 amide bonds. The Morgan fingerprint density at radius 1 is 0.892 bits per heavy atom. The lowest BCUT2D eigenvalue weighted by Gasteiger charge is -2.40. The van der Waals surface area contributed by atoms with Gasteiger partial charge in [-0.05, 0) is 118 Å². The smallest absolute Gasteiger partial charge is 0.410 e. The third-order valence-corrected chi connectivity index (χ3v) is 7.43. The molecule has 0 spiro atoms. The van der Waals surface area contributed by atoms with E-state index < -0.39 is 5.60 Å². The van der Waals surface area contributed by atoms with Crippen molar-refractivity contribution in [2.24, 2.45) is 0 Å². The highest BCUT2D eigenvalue weighted by Gasteiger charge is 2.30. The van der Waals surface area contributed by atoms with Crippen LogP contribution in [0.4, 0.5) is 10.5 Å². The fraction of sp³-hybridized carbons (Fsp3) is 0.424. The number of amides is 1. The molecule has 1 heterocycles. The summed E-state index contributed by atoms with van der Waals surface area (Å²) in [5.41, 5.74) is 9.88. The molecular weight excluding hydrogens is 456 g/mol. The maximum atomic E-state index is 12.6. The van der Waals surface area contributed by atoms with Crippen LogP contribution >= 0.6 is 0 Å². The number of ether oxygens (including phenoxy) is 1. The van der Waals surface area contributed by atoms with Crippen molar-refractivity contribution in [3.63, 3.8) is 0 Å². The summed E-state index contributed by atoms with van der Waals surface area (Å²) >= 11 is 0. The zero-order valence-corrected chi connectivity index (χ0v) is 23.6. The predicted octanol–water partition coefficient (Wildman–Crippen LogP) is 7.99. The Bertz CT molecular complexity index is 1230. The summed E-state index contributed by atoms with van der Waals surface area (Å²) in [6, 6.07) is 22.7. The SMILES string of the molecule is Cc1cccc(N(Cc2cccc(-c3cc(C)c(C)c(C)c3)c2)C2CCN(C(=O)OC(C)(C)C)CC2)c1. The van der Waals surface area contributed by atoms with Crippen molar-refractivity contribution in [3.8, 4) is 11.1 Å². The molecule has 0 aromatic heterocycles. The summed E-state index contributed by atoms with van der Waals surface area (Å²) in [4.78, 5) is 17.0. The van der Waals surface area contributed by atoms with Crippen molar-refractivity contribution in [3.05, 3.63) is 88.5 Å². The van der Waals surface area contributed by atoms with Gasteiger partial charge in [-0.2, -0.15) is 0 Å². The van der Waals surface area contributed by atoms with Gasteiger partial charge in [0.15, 0.2) is 0 Å². The van der Waals surface area contributed by atoms with Gasteiger partial charge in [-0.1, -0.05) is 42.5 Å². The first-order valence-corrected chi connectivity index (χ1v) is 13.5. The molecule has 0 aliphatic carbocycles. The Labute approximate surface area is 223 Å². The zero-order valence-electron chi connectivity index (χ0n) is 23.6. The zero-order chi connectivity index (χ0) is 26.7. The Balaban J connectivity index is 1.57. The lowest BCUT2D eigenvalue weighted by Crippen LogP contribution is -2.48. The second-order valence-corrected chi connectivity index (χ2v) is 11.6. The van der Waals surface area contributed by atoms with E-state index >= 15 is 0 Å². The maximum absolute atomic E-state index is 12.6. The van der Waals surface area contributed by atoms with Crippen LogP contribution < -0.4 is 4.90 Å². The highest BCUT2D eigenvalue weighted by Crippen LogP contribution is 2.30. The first kappa shape index (κ1) is 26.8. The number of nitrogens with zero attached hydrogens (tertiary/aromatic N) is 2. The van der Waals surface area contributed by atoms with Crippen molar-refractivity contribution in [2.45, 2.75) is 79.5 Å². The maximum Gasteiger partial charge on any atom is 0.410 e. The predicted molar refractivity (Wildman–Crippen MR) is 154 cm³/mol. The van der Waals surface area contributed by atoms with Crippen molar-refractivity contribution >= 4 is 11.8 Å². The van der Waals surface area contributed by atoms with E-state index in [1.54, 1.807) is 0 Å². The number of anilines is 1. The van der Waals surface area contributed by atoms with Crippen LogP contribution in [-0.4, -0.2) is 35.7 Å². The monoisotopic (exact) mass is 498 g/mol. The molecule has 4 nitrogen and oxygen atoms in total. The summed E-state index contributed by atoms with van der Waals surface area (Å²) in [7, 11) is 0. The molecule has 0 unspecified atom stereocenters. The Morgan fingerprint density at radius 3 is 2.16 bits per heavy atom. The van der Waals surface area contributed by atoms with Crippen molar-refractivity contribution in [1.29, 1.82) is 0 Å². The van der Waals surface area contributed by atoms with E-state index in [0.29, 0.717) is 19.1 Å². The van der Waals surface area contributed by atoms with E-state index in [1.165, 1.54) is 44.6 Å².